The highest BCUT2D eigenvalue weighted by atomic mass is 35.5. The Labute approximate surface area is 202 Å². The first kappa shape index (κ1) is 25.0. The van der Waals surface area contributed by atoms with Crippen LogP contribution in [-0.2, 0) is 11.2 Å². The van der Waals surface area contributed by atoms with Crippen molar-refractivity contribution in [1.82, 2.24) is 21.0 Å². The van der Waals surface area contributed by atoms with Crippen LogP contribution in [0.1, 0.15) is 42.9 Å². The van der Waals surface area contributed by atoms with Crippen molar-refractivity contribution in [3.05, 3.63) is 58.9 Å². The second-order valence-electron chi connectivity index (χ2n) is 7.92. The summed E-state index contributed by atoms with van der Waals surface area (Å²) in [4.78, 5) is 28.8. The van der Waals surface area contributed by atoms with Gasteiger partial charge in [0.05, 0.1) is 13.7 Å². The highest BCUT2D eigenvalue weighted by Crippen LogP contribution is 2.28. The van der Waals surface area contributed by atoms with Crippen molar-refractivity contribution in [2.75, 3.05) is 13.7 Å². The van der Waals surface area contributed by atoms with Gasteiger partial charge in [-0.1, -0.05) is 30.6 Å². The first-order chi connectivity index (χ1) is 16.4. The molecule has 0 radical (unpaired) electrons. The van der Waals surface area contributed by atoms with E-state index in [0.29, 0.717) is 46.3 Å². The van der Waals surface area contributed by atoms with Gasteiger partial charge in [-0.25, -0.2) is 0 Å². The Kier molecular flexibility index (Phi) is 8.86. The van der Waals surface area contributed by atoms with E-state index in [2.05, 4.69) is 34.8 Å². The number of hydrogen-bond donors (Lipinski definition) is 2. The average Bonchev–Trinajstić information content (AvgIpc) is 3.30. The number of halogens is 1. The van der Waals surface area contributed by atoms with E-state index < -0.39 is 11.8 Å². The summed E-state index contributed by atoms with van der Waals surface area (Å²) in [5.41, 5.74) is 5.84. The fraction of sp³-hybridized carbons (Fsp3) is 0.333. The topological polar surface area (TPSA) is 116 Å². The number of rotatable bonds is 10. The quantitative estimate of drug-likeness (QED) is 0.412. The number of aromatic nitrogens is 2. The number of carbonyl (C=O) groups excluding carboxylic acids is 2. The van der Waals surface area contributed by atoms with E-state index in [-0.39, 0.29) is 12.8 Å². The summed E-state index contributed by atoms with van der Waals surface area (Å²) in [7, 11) is 1.50. The van der Waals surface area contributed by atoms with Crippen LogP contribution in [0.25, 0.3) is 11.4 Å². The summed E-state index contributed by atoms with van der Waals surface area (Å²) in [6.45, 7) is 4.78. The minimum atomic E-state index is -0.483. The van der Waals surface area contributed by atoms with Gasteiger partial charge in [-0.05, 0) is 54.8 Å². The minimum absolute atomic E-state index is 0.0501. The third kappa shape index (κ3) is 7.21. The van der Waals surface area contributed by atoms with Gasteiger partial charge in [0.1, 0.15) is 0 Å². The van der Waals surface area contributed by atoms with Crippen LogP contribution >= 0.6 is 11.6 Å². The van der Waals surface area contributed by atoms with E-state index in [0.717, 1.165) is 12.0 Å². The van der Waals surface area contributed by atoms with Crippen molar-refractivity contribution < 1.29 is 23.6 Å². The lowest BCUT2D eigenvalue weighted by Crippen LogP contribution is -2.41. The second kappa shape index (κ2) is 12.0. The largest absolute Gasteiger partial charge is 0.493 e. The van der Waals surface area contributed by atoms with Gasteiger partial charge < -0.3 is 14.0 Å². The van der Waals surface area contributed by atoms with E-state index >= 15 is 0 Å². The summed E-state index contributed by atoms with van der Waals surface area (Å²) < 4.78 is 16.2. The van der Waals surface area contributed by atoms with Gasteiger partial charge in [0.25, 0.3) is 5.91 Å². The van der Waals surface area contributed by atoms with E-state index in [1.807, 2.05) is 0 Å². The van der Waals surface area contributed by atoms with Crippen LogP contribution < -0.4 is 20.3 Å². The van der Waals surface area contributed by atoms with Crippen molar-refractivity contribution in [3.63, 3.8) is 0 Å². The number of carbonyl (C=O) groups is 2. The number of benzene rings is 2. The zero-order chi connectivity index (χ0) is 24.5. The maximum Gasteiger partial charge on any atom is 0.269 e. The predicted molar refractivity (Wildman–Crippen MR) is 127 cm³/mol. The first-order valence-corrected chi connectivity index (χ1v) is 11.2. The molecule has 0 unspecified atom stereocenters. The van der Waals surface area contributed by atoms with Gasteiger partial charge in [0, 0.05) is 29.0 Å². The summed E-state index contributed by atoms with van der Waals surface area (Å²) in [5.74, 6) is 1.35. The number of aryl methyl sites for hydroxylation is 1. The van der Waals surface area contributed by atoms with Crippen LogP contribution in [-0.4, -0.2) is 35.7 Å². The predicted octanol–water partition coefficient (Wildman–Crippen LogP) is 4.22. The van der Waals surface area contributed by atoms with Crippen molar-refractivity contribution in [2.24, 2.45) is 5.92 Å². The van der Waals surface area contributed by atoms with Crippen molar-refractivity contribution >= 4 is 23.4 Å². The molecule has 10 heteroatoms. The monoisotopic (exact) mass is 486 g/mol. The number of methoxy groups -OCH3 is 1. The number of amides is 2. The third-order valence-electron chi connectivity index (χ3n) is 4.83. The Morgan fingerprint density at radius 2 is 1.85 bits per heavy atom. The maximum absolute atomic E-state index is 12.4. The molecule has 1 heterocycles. The molecule has 2 aromatic carbocycles. The lowest BCUT2D eigenvalue weighted by molar-refractivity contribution is -0.121. The molecule has 3 aromatic rings. The number of nitrogens with one attached hydrogen (secondary N) is 2. The van der Waals surface area contributed by atoms with Crippen molar-refractivity contribution in [2.45, 2.75) is 33.1 Å². The molecule has 0 spiro atoms. The molecule has 0 saturated heterocycles. The number of ether oxygens (including phenoxy) is 2. The molecular formula is C24H27ClN4O5. The molecule has 9 nitrogen and oxygen atoms in total. The van der Waals surface area contributed by atoms with Crippen LogP contribution in [0, 0.1) is 5.92 Å². The summed E-state index contributed by atoms with van der Waals surface area (Å²) in [6, 6.07) is 11.8. The SMILES string of the molecule is COc1cc(C(=O)NNC(=O)CCc2nc(-c3ccc(Cl)cc3)no2)ccc1OCCC(C)C. The van der Waals surface area contributed by atoms with Crippen LogP contribution in [0.4, 0.5) is 0 Å². The molecule has 0 aliphatic carbocycles. The standard InChI is InChI=1S/C24H27ClN4O5/c1-15(2)12-13-33-19-9-6-17(14-20(19)32-3)24(31)28-27-21(30)10-11-22-26-23(29-34-22)16-4-7-18(25)8-5-16/h4-9,14-15H,10-13H2,1-3H3,(H,27,30)(H,28,31). The van der Waals surface area contributed by atoms with Gasteiger partial charge >= 0.3 is 0 Å². The average molecular weight is 487 g/mol. The molecule has 2 amide bonds. The molecule has 2 N–H and O–H groups in total. The zero-order valence-corrected chi connectivity index (χ0v) is 20.0. The third-order valence-corrected chi connectivity index (χ3v) is 5.08. The summed E-state index contributed by atoms with van der Waals surface area (Å²) in [5, 5.41) is 4.51. The Balaban J connectivity index is 1.47. The summed E-state index contributed by atoms with van der Waals surface area (Å²) in [6.07, 6.45) is 1.18. The van der Waals surface area contributed by atoms with Crippen molar-refractivity contribution in [1.29, 1.82) is 0 Å². The normalized spacial score (nSPS) is 10.7. The maximum atomic E-state index is 12.4. The van der Waals surface area contributed by atoms with E-state index in [9.17, 15) is 9.59 Å². The van der Waals surface area contributed by atoms with Gasteiger partial charge in [0.2, 0.25) is 17.6 Å². The Bertz CT molecular complexity index is 1110. The van der Waals surface area contributed by atoms with Gasteiger partial charge in [0.15, 0.2) is 11.5 Å². The summed E-state index contributed by atoms with van der Waals surface area (Å²) >= 11 is 5.88. The Morgan fingerprint density at radius 3 is 2.56 bits per heavy atom. The lowest BCUT2D eigenvalue weighted by atomic mass is 10.1. The molecule has 180 valence electrons. The van der Waals surface area contributed by atoms with E-state index in [1.165, 1.54) is 7.11 Å². The molecule has 3 rings (SSSR count). The van der Waals surface area contributed by atoms with Gasteiger partial charge in [-0.15, -0.1) is 0 Å². The van der Waals surface area contributed by atoms with E-state index in [1.54, 1.807) is 42.5 Å². The second-order valence-corrected chi connectivity index (χ2v) is 8.35. The molecule has 0 aliphatic rings. The molecule has 0 atom stereocenters. The number of hydrazine groups is 1. The molecule has 0 bridgehead atoms. The molecule has 34 heavy (non-hydrogen) atoms. The molecular weight excluding hydrogens is 460 g/mol. The highest BCUT2D eigenvalue weighted by Gasteiger charge is 2.14. The molecule has 0 fully saturated rings. The van der Waals surface area contributed by atoms with Crippen LogP contribution in [0.15, 0.2) is 47.0 Å². The van der Waals surface area contributed by atoms with Crippen LogP contribution in [0.2, 0.25) is 5.02 Å². The zero-order valence-electron chi connectivity index (χ0n) is 19.3. The number of hydrogen-bond acceptors (Lipinski definition) is 7. The Morgan fingerprint density at radius 1 is 1.09 bits per heavy atom. The fourth-order valence-electron chi connectivity index (χ4n) is 2.89. The van der Waals surface area contributed by atoms with Crippen LogP contribution in [0.3, 0.4) is 0 Å². The van der Waals surface area contributed by atoms with Crippen LogP contribution in [0.5, 0.6) is 11.5 Å². The lowest BCUT2D eigenvalue weighted by Gasteiger charge is -2.13. The minimum Gasteiger partial charge on any atom is -0.493 e. The highest BCUT2D eigenvalue weighted by molar-refractivity contribution is 6.30. The Hall–Kier alpha value is -3.59. The van der Waals surface area contributed by atoms with Gasteiger partial charge in [-0.3, -0.25) is 20.4 Å². The molecule has 1 aromatic heterocycles. The van der Waals surface area contributed by atoms with Crippen molar-refractivity contribution in [3.8, 4) is 22.9 Å². The van der Waals surface area contributed by atoms with Gasteiger partial charge in [-0.2, -0.15) is 4.98 Å². The molecule has 0 saturated carbocycles. The molecule has 0 aliphatic heterocycles. The smallest absolute Gasteiger partial charge is 0.269 e. The first-order valence-electron chi connectivity index (χ1n) is 10.8. The van der Waals surface area contributed by atoms with E-state index in [4.69, 9.17) is 25.6 Å². The number of nitrogens with zero attached hydrogens (tertiary/aromatic N) is 2. The fourth-order valence-corrected chi connectivity index (χ4v) is 3.01.